The van der Waals surface area contributed by atoms with Crippen LogP contribution >= 0.6 is 0 Å². The second-order valence-corrected chi connectivity index (χ2v) is 4.70. The summed E-state index contributed by atoms with van der Waals surface area (Å²) in [7, 11) is 1.77. The van der Waals surface area contributed by atoms with Crippen LogP contribution in [0.1, 0.15) is 37.3 Å². The predicted molar refractivity (Wildman–Crippen MR) is 67.7 cm³/mol. The summed E-state index contributed by atoms with van der Waals surface area (Å²) in [6.45, 7) is 3.99. The van der Waals surface area contributed by atoms with Crippen LogP contribution in [-0.2, 0) is 7.05 Å². The molecule has 0 radical (unpaired) electrons. The predicted octanol–water partition coefficient (Wildman–Crippen LogP) is 4.15. The summed E-state index contributed by atoms with van der Waals surface area (Å²) in [6, 6.07) is 5.25. The zero-order valence-electron chi connectivity index (χ0n) is 10.7. The summed E-state index contributed by atoms with van der Waals surface area (Å²) in [6.07, 6.45) is 0.880. The summed E-state index contributed by atoms with van der Waals surface area (Å²) < 4.78 is 27.9. The molecule has 1 aromatic carbocycles. The van der Waals surface area contributed by atoms with Crippen LogP contribution in [0.4, 0.5) is 8.78 Å². The highest BCUT2D eigenvalue weighted by atomic mass is 19.3. The van der Waals surface area contributed by atoms with Crippen molar-refractivity contribution in [1.82, 2.24) is 9.78 Å². The van der Waals surface area contributed by atoms with Crippen LogP contribution in [0.2, 0.25) is 0 Å². The Morgan fingerprint density at radius 2 is 1.94 bits per heavy atom. The number of aromatic nitrogens is 2. The fraction of sp³-hybridized carbons (Fsp3) is 0.357. The van der Waals surface area contributed by atoms with E-state index in [0.717, 1.165) is 11.1 Å². The standard InChI is InChI=1S/C14H16F2N2/c1-9(2)10-4-5-12(13(6-10)14(15)16)11-7-17-18(3)8-11/h4-9,14H,1-3H3. The van der Waals surface area contributed by atoms with Gasteiger partial charge >= 0.3 is 0 Å². The van der Waals surface area contributed by atoms with Crippen molar-refractivity contribution in [2.45, 2.75) is 26.2 Å². The molecule has 0 aliphatic heterocycles. The molecule has 1 heterocycles. The first kappa shape index (κ1) is 12.7. The van der Waals surface area contributed by atoms with Crippen molar-refractivity contribution >= 4 is 0 Å². The summed E-state index contributed by atoms with van der Waals surface area (Å²) in [5.41, 5.74) is 2.29. The van der Waals surface area contributed by atoms with Crippen molar-refractivity contribution in [2.75, 3.05) is 0 Å². The Balaban J connectivity index is 2.53. The van der Waals surface area contributed by atoms with E-state index in [-0.39, 0.29) is 11.5 Å². The molecule has 2 aromatic rings. The van der Waals surface area contributed by atoms with Gasteiger partial charge in [-0.2, -0.15) is 5.10 Å². The molecule has 4 heteroatoms. The highest BCUT2D eigenvalue weighted by Gasteiger charge is 2.16. The number of alkyl halides is 2. The molecule has 0 fully saturated rings. The molecule has 0 amide bonds. The van der Waals surface area contributed by atoms with Gasteiger partial charge in [-0.25, -0.2) is 8.78 Å². The molecule has 2 rings (SSSR count). The van der Waals surface area contributed by atoms with Crippen molar-refractivity contribution in [2.24, 2.45) is 7.05 Å². The van der Waals surface area contributed by atoms with Gasteiger partial charge < -0.3 is 0 Å². The SMILES string of the molecule is CC(C)c1ccc(-c2cnn(C)c2)c(C(F)F)c1. The van der Waals surface area contributed by atoms with E-state index in [9.17, 15) is 8.78 Å². The molecular weight excluding hydrogens is 234 g/mol. The summed E-state index contributed by atoms with van der Waals surface area (Å²) in [4.78, 5) is 0. The summed E-state index contributed by atoms with van der Waals surface area (Å²) in [5, 5.41) is 4.02. The third kappa shape index (κ3) is 2.42. The fourth-order valence-corrected chi connectivity index (χ4v) is 1.94. The van der Waals surface area contributed by atoms with Gasteiger partial charge in [0.25, 0.3) is 6.43 Å². The molecule has 0 saturated carbocycles. The average molecular weight is 250 g/mol. The quantitative estimate of drug-likeness (QED) is 0.800. The lowest BCUT2D eigenvalue weighted by Crippen LogP contribution is -1.95. The number of rotatable bonds is 3. The lowest BCUT2D eigenvalue weighted by atomic mass is 9.95. The van der Waals surface area contributed by atoms with Crippen molar-refractivity contribution in [1.29, 1.82) is 0 Å². The van der Waals surface area contributed by atoms with E-state index in [2.05, 4.69) is 5.10 Å². The van der Waals surface area contributed by atoms with Gasteiger partial charge in [0, 0.05) is 24.4 Å². The molecule has 0 N–H and O–H groups in total. The van der Waals surface area contributed by atoms with E-state index in [0.29, 0.717) is 5.56 Å². The van der Waals surface area contributed by atoms with Gasteiger partial charge in [-0.3, -0.25) is 4.68 Å². The fourth-order valence-electron chi connectivity index (χ4n) is 1.94. The Kier molecular flexibility index (Phi) is 3.45. The minimum Gasteiger partial charge on any atom is -0.275 e. The minimum atomic E-state index is -2.47. The number of hydrogen-bond acceptors (Lipinski definition) is 1. The van der Waals surface area contributed by atoms with Crippen LogP contribution in [0.25, 0.3) is 11.1 Å². The smallest absolute Gasteiger partial charge is 0.264 e. The van der Waals surface area contributed by atoms with Gasteiger partial charge in [-0.15, -0.1) is 0 Å². The second kappa shape index (κ2) is 4.88. The van der Waals surface area contributed by atoms with Crippen molar-refractivity contribution in [3.63, 3.8) is 0 Å². The Morgan fingerprint density at radius 1 is 1.22 bits per heavy atom. The van der Waals surface area contributed by atoms with Gasteiger partial charge in [0.15, 0.2) is 0 Å². The van der Waals surface area contributed by atoms with Crippen LogP contribution in [0.3, 0.4) is 0 Å². The molecule has 0 spiro atoms. The number of nitrogens with zero attached hydrogens (tertiary/aromatic N) is 2. The molecule has 0 atom stereocenters. The van der Waals surface area contributed by atoms with Crippen LogP contribution < -0.4 is 0 Å². The average Bonchev–Trinajstić information content (AvgIpc) is 2.74. The van der Waals surface area contributed by atoms with Crippen LogP contribution in [-0.4, -0.2) is 9.78 Å². The first-order chi connectivity index (χ1) is 8.49. The summed E-state index contributed by atoms with van der Waals surface area (Å²) in [5.74, 6) is 0.241. The zero-order valence-corrected chi connectivity index (χ0v) is 10.7. The van der Waals surface area contributed by atoms with Gasteiger partial charge in [-0.05, 0) is 23.1 Å². The molecular formula is C14H16F2N2. The maximum absolute atomic E-state index is 13.1. The van der Waals surface area contributed by atoms with Crippen LogP contribution in [0.15, 0.2) is 30.6 Å². The molecule has 1 aromatic heterocycles. The third-order valence-electron chi connectivity index (χ3n) is 2.99. The minimum absolute atomic E-state index is 0.0780. The maximum Gasteiger partial charge on any atom is 0.264 e. The Labute approximate surface area is 105 Å². The van der Waals surface area contributed by atoms with E-state index >= 15 is 0 Å². The topological polar surface area (TPSA) is 17.8 Å². The third-order valence-corrected chi connectivity index (χ3v) is 2.99. The summed E-state index contributed by atoms with van der Waals surface area (Å²) >= 11 is 0. The molecule has 0 saturated heterocycles. The van der Waals surface area contributed by atoms with Gasteiger partial charge in [0.2, 0.25) is 0 Å². The van der Waals surface area contributed by atoms with Crippen molar-refractivity contribution in [3.05, 3.63) is 41.7 Å². The number of benzene rings is 1. The number of hydrogen-bond donors (Lipinski definition) is 0. The Morgan fingerprint density at radius 3 is 2.44 bits per heavy atom. The van der Waals surface area contributed by atoms with E-state index in [1.54, 1.807) is 36.3 Å². The Bertz CT molecular complexity index is 544. The highest BCUT2D eigenvalue weighted by molar-refractivity contribution is 5.67. The monoisotopic (exact) mass is 250 g/mol. The largest absolute Gasteiger partial charge is 0.275 e. The van der Waals surface area contributed by atoms with Gasteiger partial charge in [0.1, 0.15) is 0 Å². The number of aryl methyl sites for hydroxylation is 1. The molecule has 18 heavy (non-hydrogen) atoms. The molecule has 96 valence electrons. The van der Waals surface area contributed by atoms with Crippen LogP contribution in [0.5, 0.6) is 0 Å². The first-order valence-electron chi connectivity index (χ1n) is 5.90. The van der Waals surface area contributed by atoms with Gasteiger partial charge in [-0.1, -0.05) is 26.0 Å². The lowest BCUT2D eigenvalue weighted by Gasteiger charge is -2.12. The Hall–Kier alpha value is -1.71. The van der Waals surface area contributed by atoms with E-state index in [1.165, 1.54) is 0 Å². The second-order valence-electron chi connectivity index (χ2n) is 4.70. The van der Waals surface area contributed by atoms with E-state index in [4.69, 9.17) is 0 Å². The van der Waals surface area contributed by atoms with Gasteiger partial charge in [0.05, 0.1) is 6.20 Å². The highest BCUT2D eigenvalue weighted by Crippen LogP contribution is 2.33. The zero-order chi connectivity index (χ0) is 13.3. The molecule has 0 bridgehead atoms. The van der Waals surface area contributed by atoms with E-state index in [1.807, 2.05) is 19.9 Å². The number of halogens is 2. The lowest BCUT2D eigenvalue weighted by molar-refractivity contribution is 0.152. The molecule has 0 aliphatic rings. The normalized spacial score (nSPS) is 11.5. The molecule has 2 nitrogen and oxygen atoms in total. The van der Waals surface area contributed by atoms with Crippen molar-refractivity contribution in [3.8, 4) is 11.1 Å². The van der Waals surface area contributed by atoms with Crippen molar-refractivity contribution < 1.29 is 8.78 Å². The molecule has 0 unspecified atom stereocenters. The maximum atomic E-state index is 13.1. The van der Waals surface area contributed by atoms with Crippen LogP contribution in [0, 0.1) is 0 Å². The first-order valence-corrected chi connectivity index (χ1v) is 5.90. The van der Waals surface area contributed by atoms with E-state index < -0.39 is 6.43 Å². The molecule has 0 aliphatic carbocycles.